The number of halogens is 2. The van der Waals surface area contributed by atoms with Gasteiger partial charge in [-0.25, -0.2) is 0 Å². The first-order chi connectivity index (χ1) is 9.61. The van der Waals surface area contributed by atoms with E-state index in [1.54, 1.807) is 11.8 Å². The summed E-state index contributed by atoms with van der Waals surface area (Å²) < 4.78 is 2.27. The van der Waals surface area contributed by atoms with E-state index in [0.29, 0.717) is 6.04 Å². The van der Waals surface area contributed by atoms with Gasteiger partial charge in [0.15, 0.2) is 0 Å². The van der Waals surface area contributed by atoms with Crippen molar-refractivity contribution < 1.29 is 0 Å². The minimum atomic E-state index is 0.374. The lowest BCUT2D eigenvalue weighted by Gasteiger charge is -2.14. The van der Waals surface area contributed by atoms with E-state index >= 15 is 0 Å². The van der Waals surface area contributed by atoms with E-state index in [9.17, 15) is 0 Å². The average molecular weight is 415 g/mol. The molecule has 0 aliphatic rings. The minimum absolute atomic E-state index is 0.374. The van der Waals surface area contributed by atoms with Gasteiger partial charge in [0, 0.05) is 24.8 Å². The SMILES string of the molecule is CCNC(C)c1ccc(Sc2ccccc2Br)c(Br)c1. The summed E-state index contributed by atoms with van der Waals surface area (Å²) in [6, 6.07) is 15.2. The molecule has 106 valence electrons. The van der Waals surface area contributed by atoms with Gasteiger partial charge in [-0.1, -0.05) is 36.9 Å². The van der Waals surface area contributed by atoms with Crippen LogP contribution in [0, 0.1) is 0 Å². The first-order valence-corrected chi connectivity index (χ1v) is 8.97. The van der Waals surface area contributed by atoms with Gasteiger partial charge in [-0.15, -0.1) is 0 Å². The third kappa shape index (κ3) is 4.10. The maximum atomic E-state index is 3.68. The summed E-state index contributed by atoms with van der Waals surface area (Å²) in [4.78, 5) is 2.45. The zero-order valence-corrected chi connectivity index (χ0v) is 15.5. The maximum Gasteiger partial charge on any atom is 0.0318 e. The third-order valence-electron chi connectivity index (χ3n) is 3.02. The number of hydrogen-bond acceptors (Lipinski definition) is 2. The molecule has 1 nitrogen and oxygen atoms in total. The van der Waals surface area contributed by atoms with Crippen LogP contribution in [0.4, 0.5) is 0 Å². The molecule has 4 heteroatoms. The highest BCUT2D eigenvalue weighted by atomic mass is 79.9. The lowest BCUT2D eigenvalue weighted by atomic mass is 10.1. The molecule has 0 bridgehead atoms. The highest BCUT2D eigenvalue weighted by molar-refractivity contribution is 9.11. The van der Waals surface area contributed by atoms with Gasteiger partial charge in [-0.05, 0) is 75.2 Å². The Balaban J connectivity index is 2.20. The molecule has 1 atom stereocenters. The van der Waals surface area contributed by atoms with Crippen molar-refractivity contribution in [3.63, 3.8) is 0 Å². The van der Waals surface area contributed by atoms with Gasteiger partial charge >= 0.3 is 0 Å². The Morgan fingerprint density at radius 2 is 1.75 bits per heavy atom. The van der Waals surface area contributed by atoms with Crippen LogP contribution in [-0.4, -0.2) is 6.54 Å². The molecule has 1 unspecified atom stereocenters. The lowest BCUT2D eigenvalue weighted by Crippen LogP contribution is -2.17. The monoisotopic (exact) mass is 413 g/mol. The molecule has 2 rings (SSSR count). The molecule has 0 saturated heterocycles. The molecule has 1 N–H and O–H groups in total. The van der Waals surface area contributed by atoms with Gasteiger partial charge in [0.25, 0.3) is 0 Å². The van der Waals surface area contributed by atoms with Crippen LogP contribution in [0.1, 0.15) is 25.5 Å². The Hall–Kier alpha value is -0.290. The topological polar surface area (TPSA) is 12.0 Å². The molecule has 0 heterocycles. The van der Waals surface area contributed by atoms with Crippen LogP contribution >= 0.6 is 43.6 Å². The number of benzene rings is 2. The van der Waals surface area contributed by atoms with E-state index in [0.717, 1.165) is 15.5 Å². The zero-order valence-electron chi connectivity index (χ0n) is 11.5. The molecule has 0 radical (unpaired) electrons. The first-order valence-electron chi connectivity index (χ1n) is 6.57. The van der Waals surface area contributed by atoms with Gasteiger partial charge in [0.1, 0.15) is 0 Å². The predicted octanol–water partition coefficient (Wildman–Crippen LogP) is 6.03. The summed E-state index contributed by atoms with van der Waals surface area (Å²) in [5.74, 6) is 0. The molecule has 0 amide bonds. The Morgan fingerprint density at radius 3 is 2.40 bits per heavy atom. The van der Waals surface area contributed by atoms with Crippen LogP contribution < -0.4 is 5.32 Å². The van der Waals surface area contributed by atoms with Gasteiger partial charge in [0.2, 0.25) is 0 Å². The first kappa shape index (κ1) is 16.1. The van der Waals surface area contributed by atoms with Crippen molar-refractivity contribution in [1.29, 1.82) is 0 Å². The maximum absolute atomic E-state index is 3.68. The predicted molar refractivity (Wildman–Crippen MR) is 94.5 cm³/mol. The fourth-order valence-electron chi connectivity index (χ4n) is 1.94. The van der Waals surface area contributed by atoms with Crippen LogP contribution in [0.25, 0.3) is 0 Å². The average Bonchev–Trinajstić information content (AvgIpc) is 2.43. The summed E-state index contributed by atoms with van der Waals surface area (Å²) in [6.45, 7) is 5.29. The second-order valence-corrected chi connectivity index (χ2v) is 7.29. The van der Waals surface area contributed by atoms with E-state index in [1.165, 1.54) is 15.4 Å². The van der Waals surface area contributed by atoms with Crippen molar-refractivity contribution in [1.82, 2.24) is 5.32 Å². The van der Waals surface area contributed by atoms with Crippen LogP contribution in [0.3, 0.4) is 0 Å². The van der Waals surface area contributed by atoms with E-state index in [4.69, 9.17) is 0 Å². The number of rotatable bonds is 5. The van der Waals surface area contributed by atoms with E-state index in [-0.39, 0.29) is 0 Å². The van der Waals surface area contributed by atoms with Crippen molar-refractivity contribution in [2.24, 2.45) is 0 Å². The molecule has 0 spiro atoms. The summed E-state index contributed by atoms with van der Waals surface area (Å²) in [6.07, 6.45) is 0. The summed E-state index contributed by atoms with van der Waals surface area (Å²) >= 11 is 9.04. The summed E-state index contributed by atoms with van der Waals surface area (Å²) in [7, 11) is 0. The molecule has 0 aliphatic heterocycles. The normalized spacial score (nSPS) is 12.4. The Bertz CT molecular complexity index is 586. The van der Waals surface area contributed by atoms with Gasteiger partial charge < -0.3 is 5.32 Å². The molecule has 0 fully saturated rings. The van der Waals surface area contributed by atoms with E-state index in [1.807, 2.05) is 6.07 Å². The molecule has 2 aromatic rings. The molecule has 0 saturated carbocycles. The van der Waals surface area contributed by atoms with Gasteiger partial charge in [-0.3, -0.25) is 0 Å². The fraction of sp³-hybridized carbons (Fsp3) is 0.250. The standard InChI is InChI=1S/C16H17Br2NS/c1-3-19-11(2)12-8-9-16(14(18)10-12)20-15-7-5-4-6-13(15)17/h4-11,19H,3H2,1-2H3. The smallest absolute Gasteiger partial charge is 0.0318 e. The van der Waals surface area contributed by atoms with Crippen LogP contribution in [-0.2, 0) is 0 Å². The quantitative estimate of drug-likeness (QED) is 0.640. The van der Waals surface area contributed by atoms with Crippen molar-refractivity contribution in [2.45, 2.75) is 29.7 Å². The molecule has 20 heavy (non-hydrogen) atoms. The lowest BCUT2D eigenvalue weighted by molar-refractivity contribution is 0.597. The zero-order chi connectivity index (χ0) is 14.5. The molecule has 2 aromatic carbocycles. The summed E-state index contributed by atoms with van der Waals surface area (Å²) in [5, 5.41) is 3.43. The van der Waals surface area contributed by atoms with Crippen molar-refractivity contribution in [2.75, 3.05) is 6.54 Å². The summed E-state index contributed by atoms with van der Waals surface area (Å²) in [5.41, 5.74) is 1.30. The van der Waals surface area contributed by atoms with E-state index in [2.05, 4.69) is 87.4 Å². The van der Waals surface area contributed by atoms with Crippen molar-refractivity contribution >= 4 is 43.6 Å². The van der Waals surface area contributed by atoms with E-state index < -0.39 is 0 Å². The third-order valence-corrected chi connectivity index (χ3v) is 6.05. The van der Waals surface area contributed by atoms with Gasteiger partial charge in [-0.2, -0.15) is 0 Å². The molecular weight excluding hydrogens is 398 g/mol. The Morgan fingerprint density at radius 1 is 1.05 bits per heavy atom. The Kier molecular flexibility index (Phi) is 6.15. The highest BCUT2D eigenvalue weighted by Crippen LogP contribution is 2.38. The van der Waals surface area contributed by atoms with Crippen LogP contribution in [0.5, 0.6) is 0 Å². The molecule has 0 aromatic heterocycles. The van der Waals surface area contributed by atoms with Crippen molar-refractivity contribution in [3.8, 4) is 0 Å². The number of nitrogens with one attached hydrogen (secondary N) is 1. The van der Waals surface area contributed by atoms with Crippen LogP contribution in [0.15, 0.2) is 61.2 Å². The minimum Gasteiger partial charge on any atom is -0.310 e. The van der Waals surface area contributed by atoms with Crippen molar-refractivity contribution in [3.05, 3.63) is 57.0 Å². The second kappa shape index (κ2) is 7.64. The van der Waals surface area contributed by atoms with Gasteiger partial charge in [0.05, 0.1) is 0 Å². The number of hydrogen-bond donors (Lipinski definition) is 1. The molecular formula is C16H17Br2NS. The van der Waals surface area contributed by atoms with Crippen LogP contribution in [0.2, 0.25) is 0 Å². The Labute approximate surface area is 141 Å². The molecule has 0 aliphatic carbocycles. The fourth-order valence-corrected chi connectivity index (χ4v) is 3.95. The second-order valence-electron chi connectivity index (χ2n) is 4.50. The highest BCUT2D eigenvalue weighted by Gasteiger charge is 2.09. The largest absolute Gasteiger partial charge is 0.310 e.